The van der Waals surface area contributed by atoms with Crippen molar-refractivity contribution >= 4 is 11.6 Å². The van der Waals surface area contributed by atoms with Crippen LogP contribution in [0.2, 0.25) is 0 Å². The zero-order chi connectivity index (χ0) is 15.7. The molecule has 1 amide bonds. The van der Waals surface area contributed by atoms with Crippen molar-refractivity contribution < 1.29 is 14.6 Å². The van der Waals surface area contributed by atoms with Crippen LogP contribution in [0.25, 0.3) is 0 Å². The van der Waals surface area contributed by atoms with E-state index in [1.807, 2.05) is 0 Å². The third kappa shape index (κ3) is 6.04. The highest BCUT2D eigenvalue weighted by molar-refractivity contribution is 5.92. The van der Waals surface area contributed by atoms with Gasteiger partial charge in [-0.2, -0.15) is 0 Å². The first-order valence-corrected chi connectivity index (χ1v) is 7.47. The number of ether oxygens (including phenoxy) is 1. The molecule has 0 heterocycles. The second-order valence-corrected chi connectivity index (χ2v) is 5.20. The first-order valence-electron chi connectivity index (χ1n) is 7.47. The van der Waals surface area contributed by atoms with E-state index in [4.69, 9.17) is 10.5 Å². The van der Waals surface area contributed by atoms with E-state index in [9.17, 15) is 9.90 Å². The minimum absolute atomic E-state index is 0.00904. The smallest absolute Gasteiger partial charge is 0.224 e. The first kappa shape index (κ1) is 17.3. The number of phenolic OH excluding ortho intramolecular Hbond substituents is 1. The highest BCUT2D eigenvalue weighted by Crippen LogP contribution is 2.28. The summed E-state index contributed by atoms with van der Waals surface area (Å²) >= 11 is 0. The highest BCUT2D eigenvalue weighted by atomic mass is 16.5. The van der Waals surface area contributed by atoms with Gasteiger partial charge in [-0.25, -0.2) is 0 Å². The van der Waals surface area contributed by atoms with Gasteiger partial charge in [-0.1, -0.05) is 19.8 Å². The van der Waals surface area contributed by atoms with Crippen LogP contribution >= 0.6 is 0 Å². The van der Waals surface area contributed by atoms with Gasteiger partial charge in [0.2, 0.25) is 5.91 Å². The molecular weight excluding hydrogens is 268 g/mol. The molecule has 5 nitrogen and oxygen atoms in total. The van der Waals surface area contributed by atoms with E-state index < -0.39 is 0 Å². The Morgan fingerprint density at radius 1 is 1.38 bits per heavy atom. The highest BCUT2D eigenvalue weighted by Gasteiger charge is 2.12. The zero-order valence-electron chi connectivity index (χ0n) is 12.9. The number of methoxy groups -OCH3 is 1. The standard InChI is InChI=1S/C16H26N2O3/c1-3-4-12(9-10-17)5-8-16(20)18-14-7-6-13(21-2)11-15(14)19/h6-7,11-12,19H,3-5,8-10,17H2,1-2H3,(H,18,20). The Morgan fingerprint density at radius 3 is 2.71 bits per heavy atom. The van der Waals surface area contributed by atoms with Crippen LogP contribution in [0.4, 0.5) is 5.69 Å². The molecule has 4 N–H and O–H groups in total. The number of phenols is 1. The Labute approximate surface area is 126 Å². The van der Waals surface area contributed by atoms with Gasteiger partial charge < -0.3 is 20.9 Å². The van der Waals surface area contributed by atoms with E-state index >= 15 is 0 Å². The molecule has 0 aromatic heterocycles. The second kappa shape index (κ2) is 9.23. The van der Waals surface area contributed by atoms with E-state index in [1.54, 1.807) is 12.1 Å². The van der Waals surface area contributed by atoms with Gasteiger partial charge in [0.1, 0.15) is 11.5 Å². The van der Waals surface area contributed by atoms with Crippen molar-refractivity contribution in [2.75, 3.05) is 19.0 Å². The molecule has 0 fully saturated rings. The number of rotatable bonds is 9. The van der Waals surface area contributed by atoms with E-state index in [-0.39, 0.29) is 11.7 Å². The predicted octanol–water partition coefficient (Wildman–Crippen LogP) is 2.88. The summed E-state index contributed by atoms with van der Waals surface area (Å²) in [5, 5.41) is 12.5. The number of anilines is 1. The number of carbonyl (C=O) groups is 1. The Hall–Kier alpha value is -1.75. The lowest BCUT2D eigenvalue weighted by atomic mass is 9.94. The lowest BCUT2D eigenvalue weighted by Gasteiger charge is -2.15. The number of carbonyl (C=O) groups excluding carboxylic acids is 1. The summed E-state index contributed by atoms with van der Waals surface area (Å²) in [5.41, 5.74) is 6.00. The van der Waals surface area contributed by atoms with Crippen molar-refractivity contribution in [1.29, 1.82) is 0 Å². The summed E-state index contributed by atoms with van der Waals surface area (Å²) in [6, 6.07) is 4.81. The molecule has 0 radical (unpaired) electrons. The minimum atomic E-state index is -0.0893. The molecular formula is C16H26N2O3. The Kier molecular flexibility index (Phi) is 7.61. The quantitative estimate of drug-likeness (QED) is 0.611. The monoisotopic (exact) mass is 294 g/mol. The fourth-order valence-electron chi connectivity index (χ4n) is 2.37. The van der Waals surface area contributed by atoms with Gasteiger partial charge in [0, 0.05) is 12.5 Å². The van der Waals surface area contributed by atoms with Crippen molar-refractivity contribution in [3.05, 3.63) is 18.2 Å². The lowest BCUT2D eigenvalue weighted by Crippen LogP contribution is -2.15. The van der Waals surface area contributed by atoms with Crippen LogP contribution in [0.1, 0.15) is 39.0 Å². The number of nitrogens with two attached hydrogens (primary N) is 1. The van der Waals surface area contributed by atoms with E-state index in [0.717, 1.165) is 25.7 Å². The molecule has 1 aromatic carbocycles. The third-order valence-corrected chi connectivity index (χ3v) is 3.53. The number of hydrogen-bond acceptors (Lipinski definition) is 4. The van der Waals surface area contributed by atoms with Crippen LogP contribution in [0.3, 0.4) is 0 Å². The first-order chi connectivity index (χ1) is 10.1. The molecule has 1 unspecified atom stereocenters. The van der Waals surface area contributed by atoms with E-state index in [1.165, 1.54) is 13.2 Å². The largest absolute Gasteiger partial charge is 0.506 e. The molecule has 0 aliphatic heterocycles. The summed E-state index contributed by atoms with van der Waals surface area (Å²) in [6.45, 7) is 2.80. The van der Waals surface area contributed by atoms with E-state index in [0.29, 0.717) is 30.3 Å². The number of aromatic hydroxyl groups is 1. The Morgan fingerprint density at radius 2 is 2.14 bits per heavy atom. The van der Waals surface area contributed by atoms with Crippen LogP contribution in [-0.2, 0) is 4.79 Å². The summed E-state index contributed by atoms with van der Waals surface area (Å²) in [5.74, 6) is 0.968. The molecule has 0 spiro atoms. The summed E-state index contributed by atoms with van der Waals surface area (Å²) in [6.07, 6.45) is 4.42. The molecule has 21 heavy (non-hydrogen) atoms. The van der Waals surface area contributed by atoms with Gasteiger partial charge in [-0.05, 0) is 37.4 Å². The van der Waals surface area contributed by atoms with Gasteiger partial charge in [-0.3, -0.25) is 4.79 Å². The average Bonchev–Trinajstić information content (AvgIpc) is 2.47. The summed E-state index contributed by atoms with van der Waals surface area (Å²) < 4.78 is 5.00. The van der Waals surface area contributed by atoms with Crippen molar-refractivity contribution in [2.24, 2.45) is 11.7 Å². The summed E-state index contributed by atoms with van der Waals surface area (Å²) in [7, 11) is 1.53. The predicted molar refractivity (Wildman–Crippen MR) is 84.6 cm³/mol. The number of amides is 1. The number of nitrogens with one attached hydrogen (secondary N) is 1. The summed E-state index contributed by atoms with van der Waals surface area (Å²) in [4.78, 5) is 11.9. The third-order valence-electron chi connectivity index (χ3n) is 3.53. The van der Waals surface area contributed by atoms with Crippen LogP contribution in [0, 0.1) is 5.92 Å². The normalized spacial score (nSPS) is 12.0. The van der Waals surface area contributed by atoms with Gasteiger partial charge in [0.05, 0.1) is 12.8 Å². The molecule has 1 aromatic rings. The maximum atomic E-state index is 11.9. The van der Waals surface area contributed by atoms with Gasteiger partial charge in [0.15, 0.2) is 0 Å². The number of benzene rings is 1. The molecule has 118 valence electrons. The average molecular weight is 294 g/mol. The Bertz CT molecular complexity index is 443. The van der Waals surface area contributed by atoms with Crippen LogP contribution in [0.15, 0.2) is 18.2 Å². The van der Waals surface area contributed by atoms with Crippen LogP contribution < -0.4 is 15.8 Å². The Balaban J connectivity index is 2.49. The van der Waals surface area contributed by atoms with Gasteiger partial charge >= 0.3 is 0 Å². The van der Waals surface area contributed by atoms with Crippen LogP contribution in [-0.4, -0.2) is 24.7 Å². The lowest BCUT2D eigenvalue weighted by molar-refractivity contribution is -0.116. The molecule has 5 heteroatoms. The molecule has 1 rings (SSSR count). The molecule has 0 bridgehead atoms. The van der Waals surface area contributed by atoms with Crippen molar-refractivity contribution in [2.45, 2.75) is 39.0 Å². The molecule has 1 atom stereocenters. The minimum Gasteiger partial charge on any atom is -0.506 e. The molecule has 0 saturated carbocycles. The molecule has 0 aliphatic rings. The van der Waals surface area contributed by atoms with Crippen molar-refractivity contribution in [3.8, 4) is 11.5 Å². The van der Waals surface area contributed by atoms with Crippen LogP contribution in [0.5, 0.6) is 11.5 Å². The van der Waals surface area contributed by atoms with Gasteiger partial charge in [0.25, 0.3) is 0 Å². The van der Waals surface area contributed by atoms with Crippen molar-refractivity contribution in [1.82, 2.24) is 0 Å². The fraction of sp³-hybridized carbons (Fsp3) is 0.562. The molecule has 0 saturated heterocycles. The SMILES string of the molecule is CCCC(CCN)CCC(=O)Nc1ccc(OC)cc1O. The zero-order valence-corrected chi connectivity index (χ0v) is 12.9. The number of hydrogen-bond donors (Lipinski definition) is 3. The fourth-order valence-corrected chi connectivity index (χ4v) is 2.37. The maximum Gasteiger partial charge on any atom is 0.224 e. The van der Waals surface area contributed by atoms with Crippen molar-refractivity contribution in [3.63, 3.8) is 0 Å². The second-order valence-electron chi connectivity index (χ2n) is 5.20. The van der Waals surface area contributed by atoms with E-state index in [2.05, 4.69) is 12.2 Å². The topological polar surface area (TPSA) is 84.6 Å². The maximum absolute atomic E-state index is 11.9. The molecule has 0 aliphatic carbocycles. The van der Waals surface area contributed by atoms with Gasteiger partial charge in [-0.15, -0.1) is 0 Å².